The number of β-lactam (4-membered cyclic amide) rings is 1. The molecule has 2 N–H and O–H groups in total. The van der Waals surface area contributed by atoms with Gasteiger partial charge >= 0.3 is 5.97 Å². The molecule has 1 aromatic heterocycles. The maximum atomic E-state index is 13.4. The van der Waals surface area contributed by atoms with Gasteiger partial charge in [-0.15, -0.1) is 0 Å². The van der Waals surface area contributed by atoms with Gasteiger partial charge in [0.15, 0.2) is 5.78 Å². The van der Waals surface area contributed by atoms with Gasteiger partial charge in [-0.25, -0.2) is 13.9 Å². The summed E-state index contributed by atoms with van der Waals surface area (Å²) < 4.78 is 10.4. The fourth-order valence-corrected chi connectivity index (χ4v) is 6.51. The largest absolute Gasteiger partial charge is 0.488 e. The SMILES string of the molecule is CC(O)C1C(=O)N2C(C(=O)O)=C(COc3cccc4c3-c3ccc(CCCn5cc[n+](C)c5)cc3C4=O)[C@H](C)C12. The molecule has 3 aromatic rings. The topological polar surface area (TPSA) is 113 Å². The van der Waals surface area contributed by atoms with Crippen LogP contribution in [0, 0.1) is 11.8 Å². The van der Waals surface area contributed by atoms with Gasteiger partial charge in [-0.2, -0.15) is 0 Å². The molecular formula is C31H32N3O6+. The molecule has 206 valence electrons. The van der Waals surface area contributed by atoms with Crippen molar-refractivity contribution in [2.24, 2.45) is 18.9 Å². The predicted molar refractivity (Wildman–Crippen MR) is 144 cm³/mol. The van der Waals surface area contributed by atoms with Crippen molar-refractivity contribution in [1.82, 2.24) is 9.47 Å². The van der Waals surface area contributed by atoms with Crippen LogP contribution in [0.25, 0.3) is 11.1 Å². The summed E-state index contributed by atoms with van der Waals surface area (Å²) >= 11 is 0. The minimum Gasteiger partial charge on any atom is -0.488 e. The molecule has 40 heavy (non-hydrogen) atoms. The third-order valence-electron chi connectivity index (χ3n) is 8.48. The summed E-state index contributed by atoms with van der Waals surface area (Å²) in [6.07, 6.45) is 7.00. The first-order chi connectivity index (χ1) is 19.2. The number of aromatic nitrogens is 2. The first-order valence-corrected chi connectivity index (χ1v) is 13.6. The van der Waals surface area contributed by atoms with Gasteiger partial charge in [0.05, 0.1) is 31.7 Å². The summed E-state index contributed by atoms with van der Waals surface area (Å²) in [6.45, 7) is 4.26. The molecule has 3 heterocycles. The minimum absolute atomic E-state index is 0.0369. The van der Waals surface area contributed by atoms with Crippen LogP contribution in [-0.4, -0.2) is 56.1 Å². The Morgan fingerprint density at radius 1 is 1.15 bits per heavy atom. The second-order valence-corrected chi connectivity index (χ2v) is 11.0. The third-order valence-corrected chi connectivity index (χ3v) is 8.48. The number of aliphatic hydroxyl groups excluding tert-OH is 1. The maximum absolute atomic E-state index is 13.4. The Kier molecular flexibility index (Phi) is 6.34. The number of ether oxygens (including phenoxy) is 1. The van der Waals surface area contributed by atoms with Gasteiger partial charge in [0.2, 0.25) is 12.2 Å². The van der Waals surface area contributed by atoms with E-state index in [-0.39, 0.29) is 29.9 Å². The molecule has 0 spiro atoms. The van der Waals surface area contributed by atoms with Crippen LogP contribution in [-0.2, 0) is 29.6 Å². The smallest absolute Gasteiger partial charge is 0.352 e. The number of carboxylic acid groups (broad SMARTS) is 1. The van der Waals surface area contributed by atoms with Crippen molar-refractivity contribution in [3.05, 3.63) is 83.1 Å². The van der Waals surface area contributed by atoms with E-state index in [0.717, 1.165) is 30.5 Å². The number of carboxylic acids is 1. The number of nitrogens with zero attached hydrogens (tertiary/aromatic N) is 3. The van der Waals surface area contributed by atoms with E-state index in [2.05, 4.69) is 4.57 Å². The lowest BCUT2D eigenvalue weighted by Gasteiger charge is -2.46. The summed E-state index contributed by atoms with van der Waals surface area (Å²) in [5.41, 5.74) is 4.24. The lowest BCUT2D eigenvalue weighted by atomic mass is 9.78. The number of carbonyl (C=O) groups excluding carboxylic acids is 2. The highest BCUT2D eigenvalue weighted by Gasteiger charge is 2.59. The highest BCUT2D eigenvalue weighted by Crippen LogP contribution is 2.48. The Morgan fingerprint density at radius 2 is 1.95 bits per heavy atom. The number of fused-ring (bicyclic) bond motifs is 4. The molecule has 2 aromatic carbocycles. The van der Waals surface area contributed by atoms with E-state index >= 15 is 0 Å². The molecule has 1 saturated heterocycles. The fraction of sp³-hybridized carbons (Fsp3) is 0.355. The van der Waals surface area contributed by atoms with Gasteiger partial charge in [-0.1, -0.05) is 31.2 Å². The number of benzene rings is 2. The van der Waals surface area contributed by atoms with Crippen molar-refractivity contribution in [3.8, 4) is 16.9 Å². The number of ketones is 1. The molecule has 6 rings (SSSR count). The van der Waals surface area contributed by atoms with Gasteiger partial charge in [-0.3, -0.25) is 9.59 Å². The van der Waals surface area contributed by atoms with Crippen molar-refractivity contribution in [2.45, 2.75) is 45.4 Å². The molecule has 0 radical (unpaired) electrons. The highest BCUT2D eigenvalue weighted by molar-refractivity contribution is 6.22. The number of carbonyl (C=O) groups is 3. The summed E-state index contributed by atoms with van der Waals surface area (Å²) in [4.78, 5) is 39.4. The maximum Gasteiger partial charge on any atom is 0.352 e. The molecule has 9 heteroatoms. The van der Waals surface area contributed by atoms with E-state index in [1.165, 1.54) is 4.90 Å². The Labute approximate surface area is 231 Å². The van der Waals surface area contributed by atoms with Crippen LogP contribution < -0.4 is 9.30 Å². The normalized spacial score (nSPS) is 21.7. The quantitative estimate of drug-likeness (QED) is 0.249. The van der Waals surface area contributed by atoms with Crippen molar-refractivity contribution in [3.63, 3.8) is 0 Å². The molecule has 1 amide bonds. The number of aryl methyl sites for hydroxylation is 3. The van der Waals surface area contributed by atoms with Crippen LogP contribution in [0.15, 0.2) is 66.4 Å². The zero-order valence-electron chi connectivity index (χ0n) is 22.7. The van der Waals surface area contributed by atoms with E-state index in [1.807, 2.05) is 55.5 Å². The van der Waals surface area contributed by atoms with E-state index in [9.17, 15) is 24.6 Å². The number of amides is 1. The third kappa shape index (κ3) is 4.03. The molecule has 1 fully saturated rings. The lowest BCUT2D eigenvalue weighted by molar-refractivity contribution is -0.671. The number of hydrogen-bond donors (Lipinski definition) is 2. The molecule has 1 aliphatic carbocycles. The average Bonchev–Trinajstić information content (AvgIpc) is 3.53. The summed E-state index contributed by atoms with van der Waals surface area (Å²) in [5, 5.41) is 20.0. The first kappa shape index (κ1) is 26.0. The zero-order valence-corrected chi connectivity index (χ0v) is 22.7. The standard InChI is InChI=1S/C31H31N3O6/c1-17-23(28(31(38)39)34-27(17)25(18(2)35)30(34)37)15-40-24-8-4-7-21-26(24)20-10-9-19(14-22(20)29(21)36)6-5-11-33-13-12-32(3)16-33/h4,7-10,12-14,16-18,25,27,35H,5-6,11,15H2,1-3H3/p+1/t17-,18?,25?,27?/m0/s1. The molecular weight excluding hydrogens is 510 g/mol. The zero-order chi connectivity index (χ0) is 28.3. The Bertz CT molecular complexity index is 1590. The van der Waals surface area contributed by atoms with Crippen LogP contribution in [0.3, 0.4) is 0 Å². The second kappa shape index (κ2) is 9.75. The van der Waals surface area contributed by atoms with Crippen molar-refractivity contribution < 1.29 is 33.9 Å². The molecule has 4 atom stereocenters. The number of aliphatic carboxylic acids is 1. The van der Waals surface area contributed by atoms with Crippen LogP contribution in [0.1, 0.15) is 41.8 Å². The lowest BCUT2D eigenvalue weighted by Crippen LogP contribution is -2.63. The molecule has 0 saturated carbocycles. The number of imidazole rings is 1. The van der Waals surface area contributed by atoms with Gasteiger partial charge in [0, 0.05) is 28.2 Å². The van der Waals surface area contributed by atoms with Crippen molar-refractivity contribution in [1.29, 1.82) is 0 Å². The number of hydrogen-bond acceptors (Lipinski definition) is 5. The molecule has 0 bridgehead atoms. The Balaban J connectivity index is 1.23. The van der Waals surface area contributed by atoms with Gasteiger partial charge in [0.1, 0.15) is 30.4 Å². The van der Waals surface area contributed by atoms with Crippen molar-refractivity contribution >= 4 is 17.7 Å². The molecule has 3 unspecified atom stereocenters. The Hall–Kier alpha value is -4.24. The summed E-state index contributed by atoms with van der Waals surface area (Å²) in [6, 6.07) is 10.9. The summed E-state index contributed by atoms with van der Waals surface area (Å²) in [7, 11) is 1.99. The van der Waals surface area contributed by atoms with E-state index in [0.29, 0.717) is 28.0 Å². The fourth-order valence-electron chi connectivity index (χ4n) is 6.51. The van der Waals surface area contributed by atoms with Crippen LogP contribution in [0.2, 0.25) is 0 Å². The summed E-state index contributed by atoms with van der Waals surface area (Å²) in [5.74, 6) is -2.04. The van der Waals surface area contributed by atoms with Crippen LogP contribution in [0.5, 0.6) is 5.75 Å². The van der Waals surface area contributed by atoms with Crippen LogP contribution in [0.4, 0.5) is 0 Å². The number of rotatable bonds is 9. The van der Waals surface area contributed by atoms with Gasteiger partial charge in [-0.05, 0) is 43.0 Å². The second-order valence-electron chi connectivity index (χ2n) is 11.0. The predicted octanol–water partition coefficient (Wildman–Crippen LogP) is 2.73. The monoisotopic (exact) mass is 542 g/mol. The average molecular weight is 543 g/mol. The highest BCUT2D eigenvalue weighted by atomic mass is 16.5. The van der Waals surface area contributed by atoms with E-state index in [4.69, 9.17) is 4.74 Å². The molecule has 9 nitrogen and oxygen atoms in total. The van der Waals surface area contributed by atoms with E-state index in [1.54, 1.807) is 25.1 Å². The number of aliphatic hydroxyl groups is 1. The molecule has 3 aliphatic rings. The first-order valence-electron chi connectivity index (χ1n) is 13.6. The minimum atomic E-state index is -1.19. The molecule has 2 aliphatic heterocycles. The van der Waals surface area contributed by atoms with Crippen molar-refractivity contribution in [2.75, 3.05) is 6.61 Å². The Morgan fingerprint density at radius 3 is 2.65 bits per heavy atom. The van der Waals surface area contributed by atoms with Gasteiger partial charge < -0.3 is 19.8 Å². The van der Waals surface area contributed by atoms with E-state index < -0.39 is 24.0 Å². The van der Waals surface area contributed by atoms with Gasteiger partial charge in [0.25, 0.3) is 0 Å². The van der Waals surface area contributed by atoms with Crippen LogP contribution >= 0.6 is 0 Å².